The summed E-state index contributed by atoms with van der Waals surface area (Å²) < 4.78 is 45.1. The molecule has 0 aromatic heterocycles. The molecule has 3 aromatic rings. The Balaban J connectivity index is 1.76. The normalized spacial score (nSPS) is 11.2. The van der Waals surface area contributed by atoms with Gasteiger partial charge in [-0.15, -0.1) is 0 Å². The Morgan fingerprint density at radius 2 is 1.64 bits per heavy atom. The first-order valence-electron chi connectivity index (χ1n) is 9.65. The number of hydrogen-bond donors (Lipinski definition) is 1. The van der Waals surface area contributed by atoms with Crippen LogP contribution in [0.5, 0.6) is 0 Å². The molecule has 0 saturated heterocycles. The minimum Gasteiger partial charge on any atom is -0.465 e. The summed E-state index contributed by atoms with van der Waals surface area (Å²) in [6.07, 6.45) is 1.34. The Bertz CT molecular complexity index is 1250. The van der Waals surface area contributed by atoms with Crippen molar-refractivity contribution in [1.82, 2.24) is 5.43 Å². The Kier molecular flexibility index (Phi) is 7.52. The Morgan fingerprint density at radius 1 is 1.00 bits per heavy atom. The fourth-order valence-electron chi connectivity index (χ4n) is 2.81. The highest BCUT2D eigenvalue weighted by Crippen LogP contribution is 2.23. The van der Waals surface area contributed by atoms with Crippen LogP contribution < -0.4 is 9.73 Å². The number of methoxy groups -OCH3 is 1. The molecule has 0 unspecified atom stereocenters. The van der Waals surface area contributed by atoms with Crippen molar-refractivity contribution in [1.29, 1.82) is 0 Å². The molecule has 0 bridgehead atoms. The molecule has 0 atom stereocenters. The van der Waals surface area contributed by atoms with E-state index in [9.17, 15) is 22.4 Å². The summed E-state index contributed by atoms with van der Waals surface area (Å²) in [6.45, 7) is -0.582. The van der Waals surface area contributed by atoms with Gasteiger partial charge in [-0.3, -0.25) is 9.10 Å². The van der Waals surface area contributed by atoms with Gasteiger partial charge in [0.05, 0.1) is 29.5 Å². The molecule has 0 saturated carbocycles. The van der Waals surface area contributed by atoms with E-state index in [2.05, 4.69) is 15.3 Å². The molecule has 0 radical (unpaired) electrons. The van der Waals surface area contributed by atoms with Gasteiger partial charge >= 0.3 is 5.97 Å². The molecule has 0 aliphatic rings. The van der Waals surface area contributed by atoms with Crippen LogP contribution >= 0.6 is 0 Å². The predicted octanol–water partition coefficient (Wildman–Crippen LogP) is 2.96. The summed E-state index contributed by atoms with van der Waals surface area (Å²) in [5.41, 5.74) is 3.35. The third-order valence-electron chi connectivity index (χ3n) is 4.47. The molecular formula is C23H20FN3O5S. The lowest BCUT2D eigenvalue weighted by molar-refractivity contribution is -0.119. The van der Waals surface area contributed by atoms with Gasteiger partial charge in [0.15, 0.2) is 0 Å². The van der Waals surface area contributed by atoms with E-state index in [4.69, 9.17) is 0 Å². The average molecular weight is 469 g/mol. The summed E-state index contributed by atoms with van der Waals surface area (Å²) in [6, 6.07) is 18.6. The summed E-state index contributed by atoms with van der Waals surface area (Å²) in [4.78, 5) is 23.9. The highest BCUT2D eigenvalue weighted by molar-refractivity contribution is 7.92. The maximum Gasteiger partial charge on any atom is 0.337 e. The zero-order chi connectivity index (χ0) is 23.8. The highest BCUT2D eigenvalue weighted by atomic mass is 32.2. The van der Waals surface area contributed by atoms with Crippen LogP contribution in [0, 0.1) is 5.82 Å². The molecule has 1 N–H and O–H groups in total. The van der Waals surface area contributed by atoms with Crippen LogP contribution in [0.2, 0.25) is 0 Å². The minimum atomic E-state index is -4.10. The number of hydrogen-bond acceptors (Lipinski definition) is 6. The van der Waals surface area contributed by atoms with Gasteiger partial charge in [-0.25, -0.2) is 23.0 Å². The maximum atomic E-state index is 13.4. The summed E-state index contributed by atoms with van der Waals surface area (Å²) >= 11 is 0. The van der Waals surface area contributed by atoms with Gasteiger partial charge in [-0.05, 0) is 54.1 Å². The molecule has 0 fully saturated rings. The topological polar surface area (TPSA) is 105 Å². The lowest BCUT2D eigenvalue weighted by Crippen LogP contribution is -2.39. The Morgan fingerprint density at radius 3 is 2.24 bits per heavy atom. The number of anilines is 1. The zero-order valence-corrected chi connectivity index (χ0v) is 18.3. The molecule has 3 aromatic carbocycles. The number of hydrazone groups is 1. The van der Waals surface area contributed by atoms with Crippen molar-refractivity contribution in [2.45, 2.75) is 4.90 Å². The number of nitrogens with zero attached hydrogens (tertiary/aromatic N) is 2. The number of sulfonamides is 1. The van der Waals surface area contributed by atoms with Crippen molar-refractivity contribution >= 4 is 33.8 Å². The number of amides is 1. The number of carbonyl (C=O) groups is 2. The zero-order valence-electron chi connectivity index (χ0n) is 17.5. The second-order valence-electron chi connectivity index (χ2n) is 6.71. The first-order valence-corrected chi connectivity index (χ1v) is 11.1. The van der Waals surface area contributed by atoms with Crippen LogP contribution in [0.25, 0.3) is 0 Å². The van der Waals surface area contributed by atoms with Crippen molar-refractivity contribution in [3.63, 3.8) is 0 Å². The predicted molar refractivity (Wildman–Crippen MR) is 121 cm³/mol. The molecule has 0 spiro atoms. The largest absolute Gasteiger partial charge is 0.465 e. The van der Waals surface area contributed by atoms with Gasteiger partial charge in [-0.2, -0.15) is 5.10 Å². The van der Waals surface area contributed by atoms with Gasteiger partial charge in [0, 0.05) is 0 Å². The summed E-state index contributed by atoms with van der Waals surface area (Å²) in [5, 5.41) is 3.83. The number of ether oxygens (including phenoxy) is 1. The first kappa shape index (κ1) is 23.6. The van der Waals surface area contributed by atoms with Gasteiger partial charge in [0.2, 0.25) is 0 Å². The van der Waals surface area contributed by atoms with Crippen molar-refractivity contribution < 1.29 is 27.1 Å². The molecule has 8 nitrogen and oxygen atoms in total. The SMILES string of the molecule is COC(=O)c1ccc(/C=N\NC(=O)CN(c2ccc(F)cc2)S(=O)(=O)c2ccccc2)cc1. The molecule has 0 aliphatic heterocycles. The van der Waals surface area contributed by atoms with E-state index in [0.29, 0.717) is 11.1 Å². The van der Waals surface area contributed by atoms with Gasteiger partial charge in [0.1, 0.15) is 12.4 Å². The molecule has 10 heteroatoms. The van der Waals surface area contributed by atoms with Crippen LogP contribution in [0.1, 0.15) is 15.9 Å². The molecule has 0 heterocycles. The van der Waals surface area contributed by atoms with E-state index in [1.54, 1.807) is 30.3 Å². The van der Waals surface area contributed by atoms with E-state index in [-0.39, 0.29) is 10.6 Å². The van der Waals surface area contributed by atoms with E-state index in [1.165, 1.54) is 49.7 Å². The first-order chi connectivity index (χ1) is 15.8. The van der Waals surface area contributed by atoms with Crippen molar-refractivity contribution in [2.75, 3.05) is 18.0 Å². The minimum absolute atomic E-state index is 0.0173. The lowest BCUT2D eigenvalue weighted by atomic mass is 10.1. The molecular weight excluding hydrogens is 449 g/mol. The monoisotopic (exact) mass is 469 g/mol. The van der Waals surface area contributed by atoms with Crippen LogP contribution in [-0.4, -0.2) is 40.2 Å². The van der Waals surface area contributed by atoms with Crippen LogP contribution in [-0.2, 0) is 19.6 Å². The molecule has 3 rings (SSSR count). The van der Waals surface area contributed by atoms with Crippen molar-refractivity contribution in [3.8, 4) is 0 Å². The number of benzene rings is 3. The number of carbonyl (C=O) groups excluding carboxylic acids is 2. The van der Waals surface area contributed by atoms with Gasteiger partial charge in [0.25, 0.3) is 15.9 Å². The van der Waals surface area contributed by atoms with E-state index in [1.807, 2.05) is 0 Å². The summed E-state index contributed by atoms with van der Waals surface area (Å²) in [5.74, 6) is -1.73. The van der Waals surface area contributed by atoms with Crippen LogP contribution in [0.3, 0.4) is 0 Å². The molecule has 1 amide bonds. The number of nitrogens with one attached hydrogen (secondary N) is 1. The average Bonchev–Trinajstić information content (AvgIpc) is 2.83. The van der Waals surface area contributed by atoms with E-state index >= 15 is 0 Å². The van der Waals surface area contributed by atoms with E-state index < -0.39 is 34.3 Å². The summed E-state index contributed by atoms with van der Waals surface area (Å²) in [7, 11) is -2.82. The van der Waals surface area contributed by atoms with E-state index in [0.717, 1.165) is 16.4 Å². The Hall–Kier alpha value is -4.05. The number of esters is 1. The van der Waals surface area contributed by atoms with Crippen LogP contribution in [0.15, 0.2) is 88.9 Å². The standard InChI is InChI=1S/C23H20FN3O5S/c1-32-23(29)18-9-7-17(8-10-18)15-25-26-22(28)16-27(20-13-11-19(24)12-14-20)33(30,31)21-5-3-2-4-6-21/h2-15H,16H2,1H3,(H,26,28)/b25-15-. The molecule has 170 valence electrons. The van der Waals surface area contributed by atoms with Crippen molar-refractivity contribution in [3.05, 3.63) is 95.8 Å². The fourth-order valence-corrected chi connectivity index (χ4v) is 4.25. The fraction of sp³-hybridized carbons (Fsp3) is 0.0870. The second kappa shape index (κ2) is 10.5. The smallest absolute Gasteiger partial charge is 0.337 e. The quantitative estimate of drug-likeness (QED) is 0.310. The number of rotatable bonds is 8. The van der Waals surface area contributed by atoms with Crippen LogP contribution in [0.4, 0.5) is 10.1 Å². The van der Waals surface area contributed by atoms with Crippen molar-refractivity contribution in [2.24, 2.45) is 5.10 Å². The third kappa shape index (κ3) is 6.01. The maximum absolute atomic E-state index is 13.4. The highest BCUT2D eigenvalue weighted by Gasteiger charge is 2.27. The molecule has 33 heavy (non-hydrogen) atoms. The lowest BCUT2D eigenvalue weighted by Gasteiger charge is -2.23. The van der Waals surface area contributed by atoms with Gasteiger partial charge < -0.3 is 4.74 Å². The van der Waals surface area contributed by atoms with Gasteiger partial charge in [-0.1, -0.05) is 30.3 Å². The molecule has 0 aliphatic carbocycles. The second-order valence-corrected chi connectivity index (χ2v) is 8.57. The third-order valence-corrected chi connectivity index (χ3v) is 6.26. The number of halogens is 1. The Labute approximate surface area is 190 Å².